The van der Waals surface area contributed by atoms with Crippen molar-refractivity contribution in [3.63, 3.8) is 0 Å². The van der Waals surface area contributed by atoms with Gasteiger partial charge in [0.15, 0.2) is 11.5 Å². The van der Waals surface area contributed by atoms with E-state index in [-0.39, 0.29) is 0 Å². The van der Waals surface area contributed by atoms with E-state index in [0.717, 1.165) is 30.4 Å². The van der Waals surface area contributed by atoms with Crippen molar-refractivity contribution < 1.29 is 9.47 Å². The molecule has 1 aromatic rings. The lowest BCUT2D eigenvalue weighted by Gasteiger charge is -2.21. The van der Waals surface area contributed by atoms with Gasteiger partial charge in [0.1, 0.15) is 6.10 Å². The van der Waals surface area contributed by atoms with Crippen LogP contribution < -0.4 is 9.47 Å². The second-order valence-corrected chi connectivity index (χ2v) is 5.24. The van der Waals surface area contributed by atoms with Gasteiger partial charge in [-0.15, -0.1) is 0 Å². The minimum absolute atomic E-state index is 0.323. The molecule has 0 aliphatic heterocycles. The first-order chi connectivity index (χ1) is 8.70. The van der Waals surface area contributed by atoms with Gasteiger partial charge in [0.25, 0.3) is 0 Å². The molecule has 100 valence electrons. The maximum absolute atomic E-state index is 6.16. The Balaban J connectivity index is 1.99. The molecule has 2 rings (SSSR count). The maximum atomic E-state index is 6.16. The van der Waals surface area contributed by atoms with Crippen LogP contribution in [0.5, 0.6) is 11.5 Å². The van der Waals surface area contributed by atoms with Crippen molar-refractivity contribution in [3.05, 3.63) is 24.3 Å². The van der Waals surface area contributed by atoms with Gasteiger partial charge >= 0.3 is 0 Å². The Hall–Kier alpha value is -1.22. The third-order valence-corrected chi connectivity index (χ3v) is 3.36. The molecular formula is C15H23NO2. The van der Waals surface area contributed by atoms with E-state index in [4.69, 9.17) is 9.47 Å². The van der Waals surface area contributed by atoms with Crippen molar-refractivity contribution in [2.24, 2.45) is 5.92 Å². The molecule has 0 aromatic heterocycles. The second kappa shape index (κ2) is 6.10. The van der Waals surface area contributed by atoms with Crippen LogP contribution in [0.4, 0.5) is 0 Å². The highest BCUT2D eigenvalue weighted by atomic mass is 16.5. The number of hydrogen-bond acceptors (Lipinski definition) is 3. The lowest BCUT2D eigenvalue weighted by molar-refractivity contribution is 0.150. The molecule has 1 atom stereocenters. The zero-order valence-electron chi connectivity index (χ0n) is 11.6. The van der Waals surface area contributed by atoms with Gasteiger partial charge in [-0.25, -0.2) is 0 Å². The summed E-state index contributed by atoms with van der Waals surface area (Å²) in [4.78, 5) is 2.21. The first-order valence-electron chi connectivity index (χ1n) is 6.65. The number of ether oxygens (including phenoxy) is 2. The van der Waals surface area contributed by atoms with Crippen LogP contribution >= 0.6 is 0 Å². The fourth-order valence-corrected chi connectivity index (χ4v) is 2.12. The molecular weight excluding hydrogens is 226 g/mol. The third-order valence-electron chi connectivity index (χ3n) is 3.36. The summed E-state index contributed by atoms with van der Waals surface area (Å²) in [6.07, 6.45) is 4.00. The van der Waals surface area contributed by atoms with E-state index in [1.54, 1.807) is 7.11 Å². The summed E-state index contributed by atoms with van der Waals surface area (Å²) in [5.41, 5.74) is 0. The lowest BCUT2D eigenvalue weighted by Crippen LogP contribution is -2.25. The molecule has 1 saturated carbocycles. The van der Waals surface area contributed by atoms with E-state index < -0.39 is 0 Å². The number of hydrogen-bond donors (Lipinski definition) is 0. The van der Waals surface area contributed by atoms with Crippen molar-refractivity contribution >= 4 is 0 Å². The van der Waals surface area contributed by atoms with Gasteiger partial charge in [-0.2, -0.15) is 0 Å². The number of rotatable bonds is 7. The van der Waals surface area contributed by atoms with Crippen LogP contribution in [0.1, 0.15) is 19.3 Å². The molecule has 1 aliphatic rings. The van der Waals surface area contributed by atoms with Gasteiger partial charge in [0.05, 0.1) is 7.11 Å². The highest BCUT2D eigenvalue weighted by Crippen LogP contribution is 2.38. The van der Waals surface area contributed by atoms with E-state index in [9.17, 15) is 0 Å². The zero-order valence-corrected chi connectivity index (χ0v) is 11.6. The average Bonchev–Trinajstić information content (AvgIpc) is 3.19. The Bertz CT molecular complexity index is 375. The van der Waals surface area contributed by atoms with Gasteiger partial charge in [0, 0.05) is 6.54 Å². The van der Waals surface area contributed by atoms with Gasteiger partial charge in [-0.05, 0) is 51.4 Å². The largest absolute Gasteiger partial charge is 0.493 e. The smallest absolute Gasteiger partial charge is 0.161 e. The van der Waals surface area contributed by atoms with Crippen molar-refractivity contribution in [3.8, 4) is 11.5 Å². The summed E-state index contributed by atoms with van der Waals surface area (Å²) < 4.78 is 11.5. The SMILES string of the molecule is COc1ccccc1OC(CCN(C)C)C1CC1. The van der Waals surface area contributed by atoms with Crippen LogP contribution in [0.2, 0.25) is 0 Å². The molecule has 1 aliphatic carbocycles. The molecule has 3 nitrogen and oxygen atoms in total. The number of benzene rings is 1. The first-order valence-corrected chi connectivity index (χ1v) is 6.65. The highest BCUT2D eigenvalue weighted by molar-refractivity contribution is 5.39. The minimum Gasteiger partial charge on any atom is -0.493 e. The monoisotopic (exact) mass is 249 g/mol. The first kappa shape index (κ1) is 13.2. The molecule has 1 aromatic carbocycles. The molecule has 18 heavy (non-hydrogen) atoms. The molecule has 1 unspecified atom stereocenters. The number of para-hydroxylation sites is 2. The molecule has 0 radical (unpaired) electrons. The predicted molar refractivity (Wildman–Crippen MR) is 73.3 cm³/mol. The van der Waals surface area contributed by atoms with Crippen LogP contribution in [-0.4, -0.2) is 38.8 Å². The highest BCUT2D eigenvalue weighted by Gasteiger charge is 2.33. The number of nitrogens with zero attached hydrogens (tertiary/aromatic N) is 1. The van der Waals surface area contributed by atoms with Gasteiger partial charge < -0.3 is 14.4 Å². The van der Waals surface area contributed by atoms with E-state index >= 15 is 0 Å². The van der Waals surface area contributed by atoms with E-state index in [0.29, 0.717) is 6.10 Å². The Kier molecular flexibility index (Phi) is 4.48. The molecule has 1 fully saturated rings. The van der Waals surface area contributed by atoms with Crippen LogP contribution in [-0.2, 0) is 0 Å². The van der Waals surface area contributed by atoms with Crippen molar-refractivity contribution in [1.82, 2.24) is 4.90 Å². The van der Waals surface area contributed by atoms with E-state index in [1.807, 2.05) is 24.3 Å². The molecule has 3 heteroatoms. The Morgan fingerprint density at radius 3 is 2.44 bits per heavy atom. The zero-order chi connectivity index (χ0) is 13.0. The quantitative estimate of drug-likeness (QED) is 0.741. The van der Waals surface area contributed by atoms with Crippen molar-refractivity contribution in [2.45, 2.75) is 25.4 Å². The van der Waals surface area contributed by atoms with Crippen LogP contribution in [0.25, 0.3) is 0 Å². The van der Waals surface area contributed by atoms with Crippen LogP contribution in [0.15, 0.2) is 24.3 Å². The van der Waals surface area contributed by atoms with E-state index in [2.05, 4.69) is 19.0 Å². The van der Waals surface area contributed by atoms with Gasteiger partial charge in [0.2, 0.25) is 0 Å². The maximum Gasteiger partial charge on any atom is 0.161 e. The van der Waals surface area contributed by atoms with Crippen LogP contribution in [0.3, 0.4) is 0 Å². The topological polar surface area (TPSA) is 21.7 Å². The Labute approximate surface area is 110 Å². The summed E-state index contributed by atoms with van der Waals surface area (Å²) in [5.74, 6) is 2.43. The molecule has 0 heterocycles. The van der Waals surface area contributed by atoms with Crippen molar-refractivity contribution in [1.29, 1.82) is 0 Å². The summed E-state index contributed by atoms with van der Waals surface area (Å²) in [6.45, 7) is 1.07. The van der Waals surface area contributed by atoms with Gasteiger partial charge in [-0.3, -0.25) is 0 Å². The average molecular weight is 249 g/mol. The summed E-state index contributed by atoms with van der Waals surface area (Å²) in [7, 11) is 5.90. The standard InChI is InChI=1S/C15H23NO2/c1-16(2)11-10-13(12-8-9-12)18-15-7-5-4-6-14(15)17-3/h4-7,12-13H,8-11H2,1-3H3. The number of methoxy groups -OCH3 is 1. The van der Waals surface area contributed by atoms with Crippen molar-refractivity contribution in [2.75, 3.05) is 27.7 Å². The fourth-order valence-electron chi connectivity index (χ4n) is 2.12. The third kappa shape index (κ3) is 3.64. The minimum atomic E-state index is 0.323. The molecule has 0 N–H and O–H groups in total. The molecule has 0 amide bonds. The van der Waals surface area contributed by atoms with E-state index in [1.165, 1.54) is 12.8 Å². The molecule has 0 bridgehead atoms. The fraction of sp³-hybridized carbons (Fsp3) is 0.600. The molecule has 0 saturated heterocycles. The Morgan fingerprint density at radius 1 is 1.22 bits per heavy atom. The normalized spacial score (nSPS) is 16.7. The lowest BCUT2D eigenvalue weighted by atomic mass is 10.1. The predicted octanol–water partition coefficient (Wildman–Crippen LogP) is 2.80. The second-order valence-electron chi connectivity index (χ2n) is 5.24. The summed E-state index contributed by atoms with van der Waals surface area (Å²) >= 11 is 0. The molecule has 0 spiro atoms. The Morgan fingerprint density at radius 2 is 1.89 bits per heavy atom. The van der Waals surface area contributed by atoms with Gasteiger partial charge in [-0.1, -0.05) is 12.1 Å². The summed E-state index contributed by atoms with van der Waals surface area (Å²) in [5, 5.41) is 0. The summed E-state index contributed by atoms with van der Waals surface area (Å²) in [6, 6.07) is 7.90. The van der Waals surface area contributed by atoms with Crippen LogP contribution in [0, 0.1) is 5.92 Å².